The van der Waals surface area contributed by atoms with Crippen LogP contribution in [-0.4, -0.2) is 38.1 Å². The average molecular weight is 290 g/mol. The Bertz CT molecular complexity index is 383. The fourth-order valence-electron chi connectivity index (χ4n) is 3.01. The highest BCUT2D eigenvalue weighted by atomic mass is 32.2. The summed E-state index contributed by atoms with van der Waals surface area (Å²) in [5, 5.41) is 6.15. The van der Waals surface area contributed by atoms with E-state index in [1.165, 1.54) is 0 Å². The molecule has 1 aliphatic carbocycles. The van der Waals surface area contributed by atoms with E-state index >= 15 is 0 Å². The molecule has 19 heavy (non-hydrogen) atoms. The number of nitrogens with one attached hydrogen (secondary N) is 3. The minimum absolute atomic E-state index is 0.164. The van der Waals surface area contributed by atoms with E-state index in [2.05, 4.69) is 29.2 Å². The van der Waals surface area contributed by atoms with Crippen LogP contribution in [-0.2, 0) is 10.0 Å². The predicted octanol–water partition coefficient (Wildman–Crippen LogP) is -0.181. The van der Waals surface area contributed by atoms with E-state index in [1.807, 2.05) is 0 Å². The van der Waals surface area contributed by atoms with Crippen LogP contribution in [0, 0.1) is 0 Å². The lowest BCUT2D eigenvalue weighted by molar-refractivity contribution is 0.250. The molecule has 6 nitrogen and oxygen atoms in total. The average Bonchev–Trinajstić information content (AvgIpc) is 2.27. The molecule has 2 unspecified atom stereocenters. The van der Waals surface area contributed by atoms with Crippen molar-refractivity contribution in [3.8, 4) is 0 Å². The van der Waals surface area contributed by atoms with Crippen LogP contribution in [0.4, 0.5) is 0 Å². The van der Waals surface area contributed by atoms with Crippen LogP contribution in [0.2, 0.25) is 0 Å². The molecule has 2 atom stereocenters. The van der Waals surface area contributed by atoms with Crippen molar-refractivity contribution in [1.29, 1.82) is 0 Å². The first-order valence-corrected chi connectivity index (χ1v) is 8.70. The highest BCUT2D eigenvalue weighted by molar-refractivity contribution is 7.90. The van der Waals surface area contributed by atoms with Crippen molar-refractivity contribution in [2.45, 2.75) is 75.6 Å². The standard InChI is InChI=1S/C12H26N4O2S/c1-8-7-9(2)15-12(14-8)16-19(17,18)11-5-3-10(13)4-6-11/h8-12,14-16H,3-7,13H2,1-2H3. The lowest BCUT2D eigenvalue weighted by atomic mass is 9.96. The lowest BCUT2D eigenvalue weighted by Crippen LogP contribution is -2.64. The molecule has 0 spiro atoms. The first kappa shape index (κ1) is 15.2. The van der Waals surface area contributed by atoms with Crippen LogP contribution < -0.4 is 21.1 Å². The van der Waals surface area contributed by atoms with Gasteiger partial charge in [-0.05, 0) is 46.0 Å². The summed E-state index contributed by atoms with van der Waals surface area (Å²) >= 11 is 0. The van der Waals surface area contributed by atoms with Crippen molar-refractivity contribution in [2.24, 2.45) is 5.73 Å². The maximum atomic E-state index is 12.3. The molecule has 0 bridgehead atoms. The molecular formula is C12H26N4O2S. The molecule has 0 aromatic carbocycles. The molecule has 1 saturated heterocycles. The van der Waals surface area contributed by atoms with Crippen LogP contribution >= 0.6 is 0 Å². The number of rotatable bonds is 3. The van der Waals surface area contributed by atoms with E-state index in [0.29, 0.717) is 24.9 Å². The molecule has 0 aromatic rings. The molecule has 0 radical (unpaired) electrons. The van der Waals surface area contributed by atoms with Crippen molar-refractivity contribution in [1.82, 2.24) is 15.4 Å². The van der Waals surface area contributed by atoms with E-state index in [9.17, 15) is 8.42 Å². The van der Waals surface area contributed by atoms with Gasteiger partial charge in [0, 0.05) is 18.1 Å². The Morgan fingerprint density at radius 1 is 1.05 bits per heavy atom. The SMILES string of the molecule is CC1CC(C)NC(NS(=O)(=O)C2CCC(N)CC2)N1. The van der Waals surface area contributed by atoms with Gasteiger partial charge < -0.3 is 5.73 Å². The van der Waals surface area contributed by atoms with E-state index in [4.69, 9.17) is 5.73 Å². The molecule has 1 saturated carbocycles. The monoisotopic (exact) mass is 290 g/mol. The summed E-state index contributed by atoms with van der Waals surface area (Å²) in [6, 6.07) is 0.782. The Morgan fingerprint density at radius 2 is 1.58 bits per heavy atom. The third-order valence-electron chi connectivity index (χ3n) is 4.05. The van der Waals surface area contributed by atoms with Gasteiger partial charge in [-0.15, -0.1) is 0 Å². The molecule has 112 valence electrons. The Kier molecular flexibility index (Phi) is 4.84. The number of hydrogen-bond acceptors (Lipinski definition) is 5. The molecule has 1 aliphatic heterocycles. The van der Waals surface area contributed by atoms with E-state index < -0.39 is 10.0 Å². The van der Waals surface area contributed by atoms with Crippen LogP contribution in [0.3, 0.4) is 0 Å². The Labute approximate surface area is 115 Å². The first-order chi connectivity index (χ1) is 8.87. The largest absolute Gasteiger partial charge is 0.328 e. The molecule has 7 heteroatoms. The van der Waals surface area contributed by atoms with Gasteiger partial charge in [-0.25, -0.2) is 8.42 Å². The zero-order valence-corrected chi connectivity index (χ0v) is 12.5. The van der Waals surface area contributed by atoms with Gasteiger partial charge in [-0.2, -0.15) is 4.72 Å². The van der Waals surface area contributed by atoms with Crippen LogP contribution in [0.1, 0.15) is 46.0 Å². The summed E-state index contributed by atoms with van der Waals surface area (Å²) in [6.07, 6.45) is 3.55. The van der Waals surface area contributed by atoms with Crippen molar-refractivity contribution < 1.29 is 8.42 Å². The number of nitrogens with two attached hydrogens (primary N) is 1. The van der Waals surface area contributed by atoms with E-state index in [1.54, 1.807) is 0 Å². The van der Waals surface area contributed by atoms with Crippen LogP contribution in [0.15, 0.2) is 0 Å². The summed E-state index contributed by atoms with van der Waals surface area (Å²) in [7, 11) is -3.28. The molecule has 0 amide bonds. The third-order valence-corrected chi connectivity index (χ3v) is 5.96. The zero-order chi connectivity index (χ0) is 14.0. The summed E-state index contributed by atoms with van der Waals surface area (Å²) in [6.45, 7) is 4.14. The van der Waals surface area contributed by atoms with Gasteiger partial charge in [-0.1, -0.05) is 0 Å². The third kappa shape index (κ3) is 4.13. The molecule has 0 aromatic heterocycles. The summed E-state index contributed by atoms with van der Waals surface area (Å²) in [4.78, 5) is 0. The topological polar surface area (TPSA) is 96.2 Å². The first-order valence-electron chi connectivity index (χ1n) is 7.15. The maximum Gasteiger partial charge on any atom is 0.216 e. The maximum absolute atomic E-state index is 12.3. The normalized spacial score (nSPS) is 41.1. The van der Waals surface area contributed by atoms with Crippen molar-refractivity contribution in [3.63, 3.8) is 0 Å². The molecule has 1 heterocycles. The summed E-state index contributed by atoms with van der Waals surface area (Å²) in [5.74, 6) is 0. The molecular weight excluding hydrogens is 264 g/mol. The Hall–Kier alpha value is -0.210. The molecule has 5 N–H and O–H groups in total. The van der Waals surface area contributed by atoms with Gasteiger partial charge in [0.15, 0.2) is 0 Å². The predicted molar refractivity (Wildman–Crippen MR) is 75.9 cm³/mol. The van der Waals surface area contributed by atoms with Crippen molar-refractivity contribution in [3.05, 3.63) is 0 Å². The fourth-order valence-corrected chi connectivity index (χ4v) is 4.56. The van der Waals surface area contributed by atoms with Gasteiger partial charge in [0.1, 0.15) is 6.29 Å². The second-order valence-electron chi connectivity index (χ2n) is 6.00. The van der Waals surface area contributed by atoms with E-state index in [-0.39, 0.29) is 17.6 Å². The second kappa shape index (κ2) is 6.05. The summed E-state index contributed by atoms with van der Waals surface area (Å²) < 4.78 is 27.4. The fraction of sp³-hybridized carbons (Fsp3) is 1.00. The highest BCUT2D eigenvalue weighted by Gasteiger charge is 2.33. The lowest BCUT2D eigenvalue weighted by Gasteiger charge is -2.36. The Balaban J connectivity index is 1.93. The summed E-state index contributed by atoms with van der Waals surface area (Å²) in [5.41, 5.74) is 5.82. The quantitative estimate of drug-likeness (QED) is 0.578. The van der Waals surface area contributed by atoms with Crippen molar-refractivity contribution >= 4 is 10.0 Å². The molecule has 2 aliphatic rings. The van der Waals surface area contributed by atoms with E-state index in [0.717, 1.165) is 19.3 Å². The van der Waals surface area contributed by atoms with Gasteiger partial charge in [0.25, 0.3) is 0 Å². The Morgan fingerprint density at radius 3 is 2.11 bits per heavy atom. The molecule has 2 rings (SSSR count). The van der Waals surface area contributed by atoms with Crippen LogP contribution in [0.5, 0.6) is 0 Å². The van der Waals surface area contributed by atoms with Gasteiger partial charge in [0.2, 0.25) is 10.0 Å². The van der Waals surface area contributed by atoms with Gasteiger partial charge in [0.05, 0.1) is 5.25 Å². The minimum Gasteiger partial charge on any atom is -0.328 e. The number of hydrogen-bond donors (Lipinski definition) is 4. The highest BCUT2D eigenvalue weighted by Crippen LogP contribution is 2.22. The van der Waals surface area contributed by atoms with Crippen LogP contribution in [0.25, 0.3) is 0 Å². The van der Waals surface area contributed by atoms with Gasteiger partial charge in [-0.3, -0.25) is 10.6 Å². The number of sulfonamides is 1. The minimum atomic E-state index is -3.28. The zero-order valence-electron chi connectivity index (χ0n) is 11.7. The molecule has 2 fully saturated rings. The second-order valence-corrected chi connectivity index (χ2v) is 8.00. The van der Waals surface area contributed by atoms with Gasteiger partial charge >= 0.3 is 0 Å². The smallest absolute Gasteiger partial charge is 0.216 e. The van der Waals surface area contributed by atoms with Crippen molar-refractivity contribution in [2.75, 3.05) is 0 Å².